The highest BCUT2D eigenvalue weighted by Gasteiger charge is 2.35. The van der Waals surface area contributed by atoms with Crippen LogP contribution < -0.4 is 0 Å². The van der Waals surface area contributed by atoms with Crippen molar-refractivity contribution in [1.29, 1.82) is 0 Å². The first-order valence-electron chi connectivity index (χ1n) is 8.74. The van der Waals surface area contributed by atoms with Crippen molar-refractivity contribution in [2.24, 2.45) is 5.41 Å². The fourth-order valence-electron chi connectivity index (χ4n) is 4.44. The topological polar surface area (TPSA) is 40.6 Å². The number of carbonyl (C=O) groups is 2. The van der Waals surface area contributed by atoms with Crippen molar-refractivity contribution in [2.45, 2.75) is 64.2 Å². The summed E-state index contributed by atoms with van der Waals surface area (Å²) >= 11 is 0. The van der Waals surface area contributed by atoms with Gasteiger partial charge in [0.25, 0.3) is 0 Å². The van der Waals surface area contributed by atoms with Gasteiger partial charge in [-0.15, -0.1) is 0 Å². The molecule has 2 heterocycles. The zero-order valence-electron chi connectivity index (χ0n) is 13.1. The van der Waals surface area contributed by atoms with Crippen LogP contribution in [0.3, 0.4) is 0 Å². The molecule has 21 heavy (non-hydrogen) atoms. The Hall–Kier alpha value is -1.06. The minimum atomic E-state index is 0.155. The molecule has 0 atom stereocenters. The van der Waals surface area contributed by atoms with Crippen LogP contribution in [0.5, 0.6) is 0 Å². The number of rotatable bonds is 2. The van der Waals surface area contributed by atoms with E-state index in [-0.39, 0.29) is 11.8 Å². The molecule has 0 aromatic rings. The molecule has 2 amide bonds. The van der Waals surface area contributed by atoms with Gasteiger partial charge in [-0.3, -0.25) is 9.59 Å². The monoisotopic (exact) mass is 292 g/mol. The SMILES string of the molecule is O=C(CN1CCCC1=O)N1CCCC2(CCCCC2)CC1. The first kappa shape index (κ1) is 14.9. The van der Waals surface area contributed by atoms with E-state index in [1.54, 1.807) is 4.90 Å². The van der Waals surface area contributed by atoms with Crippen molar-refractivity contribution in [3.05, 3.63) is 0 Å². The molecule has 2 aliphatic heterocycles. The number of amides is 2. The summed E-state index contributed by atoms with van der Waals surface area (Å²) in [7, 11) is 0. The molecule has 1 saturated carbocycles. The van der Waals surface area contributed by atoms with Crippen LogP contribution in [0.1, 0.15) is 64.2 Å². The van der Waals surface area contributed by atoms with Crippen LogP contribution in [0.25, 0.3) is 0 Å². The third kappa shape index (κ3) is 3.41. The molecule has 0 unspecified atom stereocenters. The lowest BCUT2D eigenvalue weighted by Crippen LogP contribution is -2.41. The van der Waals surface area contributed by atoms with Crippen LogP contribution in [0, 0.1) is 5.41 Å². The van der Waals surface area contributed by atoms with Gasteiger partial charge in [0, 0.05) is 26.1 Å². The second kappa shape index (κ2) is 6.37. The molecular weight excluding hydrogens is 264 g/mol. The summed E-state index contributed by atoms with van der Waals surface area (Å²) in [4.78, 5) is 27.9. The lowest BCUT2D eigenvalue weighted by molar-refractivity contribution is -0.138. The number of hydrogen-bond donors (Lipinski definition) is 0. The summed E-state index contributed by atoms with van der Waals surface area (Å²) in [6, 6.07) is 0. The largest absolute Gasteiger partial charge is 0.341 e. The lowest BCUT2D eigenvalue weighted by atomic mass is 9.69. The van der Waals surface area contributed by atoms with Crippen LogP contribution in [0.2, 0.25) is 0 Å². The zero-order chi connectivity index (χ0) is 14.7. The molecule has 4 heteroatoms. The molecule has 0 aromatic heterocycles. The van der Waals surface area contributed by atoms with Crippen molar-refractivity contribution in [1.82, 2.24) is 9.80 Å². The van der Waals surface area contributed by atoms with E-state index in [1.165, 1.54) is 44.9 Å². The van der Waals surface area contributed by atoms with E-state index in [1.807, 2.05) is 4.90 Å². The summed E-state index contributed by atoms with van der Waals surface area (Å²) in [6.07, 6.45) is 12.0. The highest BCUT2D eigenvalue weighted by atomic mass is 16.2. The van der Waals surface area contributed by atoms with E-state index in [2.05, 4.69) is 0 Å². The fraction of sp³-hybridized carbons (Fsp3) is 0.882. The normalized spacial score (nSPS) is 26.2. The van der Waals surface area contributed by atoms with Gasteiger partial charge in [0.2, 0.25) is 11.8 Å². The van der Waals surface area contributed by atoms with Crippen LogP contribution in [0.15, 0.2) is 0 Å². The van der Waals surface area contributed by atoms with E-state index >= 15 is 0 Å². The second-order valence-electron chi connectivity index (χ2n) is 7.21. The maximum atomic E-state index is 12.5. The predicted molar refractivity (Wildman–Crippen MR) is 81.8 cm³/mol. The maximum Gasteiger partial charge on any atom is 0.242 e. The molecule has 1 spiro atoms. The van der Waals surface area contributed by atoms with Crippen molar-refractivity contribution < 1.29 is 9.59 Å². The summed E-state index contributed by atoms with van der Waals surface area (Å²) in [5.74, 6) is 0.319. The molecular formula is C17H28N2O2. The summed E-state index contributed by atoms with van der Waals surface area (Å²) < 4.78 is 0. The Morgan fingerprint density at radius 3 is 2.38 bits per heavy atom. The lowest BCUT2D eigenvalue weighted by Gasteiger charge is -2.36. The quantitative estimate of drug-likeness (QED) is 0.785. The van der Waals surface area contributed by atoms with Gasteiger partial charge in [0.05, 0.1) is 6.54 Å². The number of nitrogens with zero attached hydrogens (tertiary/aromatic N) is 2. The molecule has 3 rings (SSSR count). The molecule has 2 saturated heterocycles. The average Bonchev–Trinajstić information content (AvgIpc) is 2.78. The Labute approximate surface area is 127 Å². The van der Waals surface area contributed by atoms with Crippen molar-refractivity contribution in [3.63, 3.8) is 0 Å². The zero-order valence-corrected chi connectivity index (χ0v) is 13.1. The molecule has 4 nitrogen and oxygen atoms in total. The van der Waals surface area contributed by atoms with Crippen LogP contribution in [0.4, 0.5) is 0 Å². The molecule has 3 fully saturated rings. The summed E-state index contributed by atoms with van der Waals surface area (Å²) in [6.45, 7) is 2.87. The molecule has 0 bridgehead atoms. The smallest absolute Gasteiger partial charge is 0.242 e. The minimum absolute atomic E-state index is 0.155. The highest BCUT2D eigenvalue weighted by molar-refractivity contribution is 5.85. The van der Waals surface area contributed by atoms with E-state index in [0.717, 1.165) is 32.5 Å². The average molecular weight is 292 g/mol. The first-order valence-corrected chi connectivity index (χ1v) is 8.74. The van der Waals surface area contributed by atoms with Crippen LogP contribution in [-0.4, -0.2) is 47.8 Å². The minimum Gasteiger partial charge on any atom is -0.341 e. The van der Waals surface area contributed by atoms with E-state index in [9.17, 15) is 9.59 Å². The third-order valence-electron chi connectivity index (χ3n) is 5.81. The van der Waals surface area contributed by atoms with Gasteiger partial charge in [-0.25, -0.2) is 0 Å². The number of carbonyl (C=O) groups excluding carboxylic acids is 2. The number of likely N-dealkylation sites (tertiary alicyclic amines) is 2. The van der Waals surface area contributed by atoms with Gasteiger partial charge in [-0.05, 0) is 43.9 Å². The third-order valence-corrected chi connectivity index (χ3v) is 5.81. The Bertz CT molecular complexity index is 402. The van der Waals surface area contributed by atoms with Crippen molar-refractivity contribution in [2.75, 3.05) is 26.2 Å². The molecule has 1 aliphatic carbocycles. The maximum absolute atomic E-state index is 12.5. The van der Waals surface area contributed by atoms with Gasteiger partial charge in [-0.1, -0.05) is 19.3 Å². The standard InChI is InChI=1S/C17H28N2O2/c20-15-6-4-11-19(15)14-16(21)18-12-5-9-17(10-13-18)7-2-1-3-8-17/h1-14H2. The van der Waals surface area contributed by atoms with Gasteiger partial charge < -0.3 is 9.80 Å². The summed E-state index contributed by atoms with van der Waals surface area (Å²) in [5, 5.41) is 0. The Morgan fingerprint density at radius 2 is 1.67 bits per heavy atom. The van der Waals surface area contributed by atoms with Crippen molar-refractivity contribution in [3.8, 4) is 0 Å². The summed E-state index contributed by atoms with van der Waals surface area (Å²) in [5.41, 5.74) is 0.525. The van der Waals surface area contributed by atoms with Gasteiger partial charge in [0.15, 0.2) is 0 Å². The van der Waals surface area contributed by atoms with E-state index in [4.69, 9.17) is 0 Å². The van der Waals surface area contributed by atoms with Crippen LogP contribution >= 0.6 is 0 Å². The van der Waals surface area contributed by atoms with Crippen molar-refractivity contribution >= 4 is 11.8 Å². The predicted octanol–water partition coefficient (Wildman–Crippen LogP) is 2.57. The van der Waals surface area contributed by atoms with Gasteiger partial charge >= 0.3 is 0 Å². The molecule has 0 radical (unpaired) electrons. The van der Waals surface area contributed by atoms with Crippen LogP contribution in [-0.2, 0) is 9.59 Å². The first-order chi connectivity index (χ1) is 10.2. The van der Waals surface area contributed by atoms with Gasteiger partial charge in [0.1, 0.15) is 0 Å². The van der Waals surface area contributed by atoms with E-state index < -0.39 is 0 Å². The molecule has 3 aliphatic rings. The molecule has 118 valence electrons. The Balaban J connectivity index is 1.54. The van der Waals surface area contributed by atoms with Gasteiger partial charge in [-0.2, -0.15) is 0 Å². The second-order valence-corrected chi connectivity index (χ2v) is 7.21. The number of hydrogen-bond acceptors (Lipinski definition) is 2. The Kier molecular flexibility index (Phi) is 4.51. The molecule has 0 aromatic carbocycles. The molecule has 0 N–H and O–H groups in total. The van der Waals surface area contributed by atoms with E-state index in [0.29, 0.717) is 18.4 Å². The fourth-order valence-corrected chi connectivity index (χ4v) is 4.44. The Morgan fingerprint density at radius 1 is 0.905 bits per heavy atom. The highest BCUT2D eigenvalue weighted by Crippen LogP contribution is 2.44.